The van der Waals surface area contributed by atoms with Crippen LogP contribution in [0, 0.1) is 11.2 Å². The molecule has 36 heavy (non-hydrogen) atoms. The summed E-state index contributed by atoms with van der Waals surface area (Å²) in [5.74, 6) is 0.265. The van der Waals surface area contributed by atoms with Crippen LogP contribution in [0.15, 0.2) is 61.3 Å². The van der Waals surface area contributed by atoms with Crippen LogP contribution in [0.5, 0.6) is 5.75 Å². The molecule has 1 aliphatic carbocycles. The Hall–Kier alpha value is -3.98. The van der Waals surface area contributed by atoms with E-state index in [2.05, 4.69) is 27.2 Å². The molecule has 0 atom stereocenters. The van der Waals surface area contributed by atoms with Crippen LogP contribution in [-0.2, 0) is 16.0 Å². The molecular formula is C27H28FN5O3. The number of ether oxygens (including phenoxy) is 2. The van der Waals surface area contributed by atoms with Crippen molar-refractivity contribution in [2.24, 2.45) is 5.41 Å². The van der Waals surface area contributed by atoms with E-state index in [0.717, 1.165) is 42.4 Å². The van der Waals surface area contributed by atoms with Crippen molar-refractivity contribution in [2.45, 2.75) is 19.3 Å². The van der Waals surface area contributed by atoms with Crippen molar-refractivity contribution in [3.8, 4) is 5.75 Å². The van der Waals surface area contributed by atoms with Gasteiger partial charge in [0, 0.05) is 30.7 Å². The number of nitrogens with zero attached hydrogens (tertiary/aromatic N) is 3. The second-order valence-electron chi connectivity index (χ2n) is 9.15. The molecule has 5 rings (SSSR count). The van der Waals surface area contributed by atoms with E-state index in [9.17, 15) is 9.18 Å². The Morgan fingerprint density at radius 1 is 1.17 bits per heavy atom. The van der Waals surface area contributed by atoms with Gasteiger partial charge in [-0.1, -0.05) is 12.6 Å². The molecule has 2 aliphatic rings. The van der Waals surface area contributed by atoms with Crippen LogP contribution in [0.1, 0.15) is 18.4 Å². The minimum absolute atomic E-state index is 0.0306. The lowest BCUT2D eigenvalue weighted by Gasteiger charge is -2.34. The van der Waals surface area contributed by atoms with Gasteiger partial charge in [0.25, 0.3) is 0 Å². The first kappa shape index (κ1) is 23.7. The Kier molecular flexibility index (Phi) is 6.56. The van der Waals surface area contributed by atoms with E-state index in [-0.39, 0.29) is 23.1 Å². The molecule has 2 heterocycles. The maximum Gasteiger partial charge on any atom is 0.250 e. The molecule has 1 aromatic heterocycles. The number of benzene rings is 2. The lowest BCUT2D eigenvalue weighted by atomic mass is 9.89. The summed E-state index contributed by atoms with van der Waals surface area (Å²) in [6.45, 7) is 5.30. The first-order chi connectivity index (χ1) is 17.5. The Labute approximate surface area is 209 Å². The molecule has 3 aromatic rings. The standard InChI is InChI=1S/C27H28FN5O3/c1-3-24(34)33-17-27(10-11-27)15-18-4-5-20(14-23(18)33)30-25-22(28)16-29-26(32-25)31-19-6-8-21(9-7-19)36-13-12-35-2/h3-9,14,16H,1,10-13,15,17H2,2H3,(H2,29,30,31,32). The number of anilines is 5. The van der Waals surface area contributed by atoms with Crippen LogP contribution in [0.25, 0.3) is 0 Å². The van der Waals surface area contributed by atoms with Crippen molar-refractivity contribution >= 4 is 34.7 Å². The molecule has 1 saturated carbocycles. The third-order valence-corrected chi connectivity index (χ3v) is 6.51. The molecule has 0 radical (unpaired) electrons. The highest BCUT2D eigenvalue weighted by Crippen LogP contribution is 2.53. The molecule has 2 aromatic carbocycles. The largest absolute Gasteiger partial charge is 0.491 e. The number of hydrogen-bond acceptors (Lipinski definition) is 7. The summed E-state index contributed by atoms with van der Waals surface area (Å²) in [5, 5.41) is 6.11. The highest BCUT2D eigenvalue weighted by atomic mass is 19.1. The number of halogens is 1. The van der Waals surface area contributed by atoms with Gasteiger partial charge in [-0.3, -0.25) is 4.79 Å². The average Bonchev–Trinajstić information content (AvgIpc) is 3.64. The predicted octanol–water partition coefficient (Wildman–Crippen LogP) is 4.98. The van der Waals surface area contributed by atoms with Gasteiger partial charge in [0.2, 0.25) is 11.9 Å². The Bertz CT molecular complexity index is 1280. The fourth-order valence-electron chi connectivity index (χ4n) is 4.40. The SMILES string of the molecule is C=CC(=O)N1CC2(CC2)Cc2ccc(Nc3nc(Nc4ccc(OCCOC)cc4)ncc3F)cc21. The molecule has 1 aliphatic heterocycles. The molecule has 0 unspecified atom stereocenters. The van der Waals surface area contributed by atoms with E-state index < -0.39 is 5.82 Å². The summed E-state index contributed by atoms with van der Waals surface area (Å²) in [4.78, 5) is 22.7. The third kappa shape index (κ3) is 5.16. The molecule has 9 heteroatoms. The summed E-state index contributed by atoms with van der Waals surface area (Å²) in [7, 11) is 1.62. The summed E-state index contributed by atoms with van der Waals surface area (Å²) >= 11 is 0. The lowest BCUT2D eigenvalue weighted by molar-refractivity contribution is -0.114. The maximum absolute atomic E-state index is 14.6. The molecule has 0 bridgehead atoms. The highest BCUT2D eigenvalue weighted by Gasteiger charge is 2.48. The molecule has 1 spiro atoms. The third-order valence-electron chi connectivity index (χ3n) is 6.51. The fraction of sp³-hybridized carbons (Fsp3) is 0.296. The number of carbonyl (C=O) groups is 1. The molecule has 2 N–H and O–H groups in total. The molecule has 1 fully saturated rings. The second-order valence-corrected chi connectivity index (χ2v) is 9.15. The van der Waals surface area contributed by atoms with E-state index in [0.29, 0.717) is 31.2 Å². The Balaban J connectivity index is 1.32. The van der Waals surface area contributed by atoms with Crippen molar-refractivity contribution in [3.63, 3.8) is 0 Å². The van der Waals surface area contributed by atoms with E-state index in [1.54, 1.807) is 12.0 Å². The summed E-state index contributed by atoms with van der Waals surface area (Å²) in [5.41, 5.74) is 3.48. The van der Waals surface area contributed by atoms with Crippen LogP contribution in [0.3, 0.4) is 0 Å². The van der Waals surface area contributed by atoms with Crippen LogP contribution >= 0.6 is 0 Å². The van der Waals surface area contributed by atoms with Gasteiger partial charge >= 0.3 is 0 Å². The molecule has 1 amide bonds. The monoisotopic (exact) mass is 489 g/mol. The van der Waals surface area contributed by atoms with Crippen LogP contribution < -0.4 is 20.3 Å². The minimum Gasteiger partial charge on any atom is -0.491 e. The molecule has 186 valence electrons. The van der Waals surface area contributed by atoms with Gasteiger partial charge < -0.3 is 25.0 Å². The van der Waals surface area contributed by atoms with Gasteiger partial charge in [0.15, 0.2) is 11.6 Å². The number of hydrogen-bond donors (Lipinski definition) is 2. The van der Waals surface area contributed by atoms with Crippen molar-refractivity contribution < 1.29 is 18.7 Å². The predicted molar refractivity (Wildman–Crippen MR) is 137 cm³/mol. The number of nitrogens with one attached hydrogen (secondary N) is 2. The smallest absolute Gasteiger partial charge is 0.250 e. The maximum atomic E-state index is 14.6. The molecule has 8 nitrogen and oxygen atoms in total. The van der Waals surface area contributed by atoms with Crippen molar-refractivity contribution in [1.82, 2.24) is 9.97 Å². The first-order valence-electron chi connectivity index (χ1n) is 11.8. The lowest BCUT2D eigenvalue weighted by Crippen LogP contribution is -2.40. The molecule has 0 saturated heterocycles. The van der Waals surface area contributed by atoms with E-state index in [1.165, 1.54) is 6.08 Å². The number of amides is 1. The first-order valence-corrected chi connectivity index (χ1v) is 11.8. The van der Waals surface area contributed by atoms with E-state index >= 15 is 0 Å². The topological polar surface area (TPSA) is 88.6 Å². The van der Waals surface area contributed by atoms with Gasteiger partial charge in [0.1, 0.15) is 12.4 Å². The highest BCUT2D eigenvalue weighted by molar-refractivity contribution is 6.02. The van der Waals surface area contributed by atoms with Gasteiger partial charge in [-0.15, -0.1) is 0 Å². The quantitative estimate of drug-likeness (QED) is 0.324. The van der Waals surface area contributed by atoms with Gasteiger partial charge in [-0.25, -0.2) is 9.37 Å². The number of carbonyl (C=O) groups excluding carboxylic acids is 1. The number of fused-ring (bicyclic) bond motifs is 1. The van der Waals surface area contributed by atoms with Gasteiger partial charge in [0.05, 0.1) is 12.8 Å². The zero-order valence-electron chi connectivity index (χ0n) is 20.1. The Morgan fingerprint density at radius 3 is 2.67 bits per heavy atom. The van der Waals surface area contributed by atoms with E-state index in [4.69, 9.17) is 9.47 Å². The summed E-state index contributed by atoms with van der Waals surface area (Å²) in [6.07, 6.45) is 5.64. The zero-order chi connectivity index (χ0) is 25.1. The van der Waals surface area contributed by atoms with Crippen LogP contribution in [0.2, 0.25) is 0 Å². The van der Waals surface area contributed by atoms with Crippen molar-refractivity contribution in [1.29, 1.82) is 0 Å². The normalized spacial score (nSPS) is 15.2. The second kappa shape index (κ2) is 9.94. The van der Waals surface area contributed by atoms with Crippen molar-refractivity contribution in [3.05, 3.63) is 72.7 Å². The number of rotatable bonds is 9. The van der Waals surface area contributed by atoms with Crippen LogP contribution in [-0.4, -0.2) is 42.7 Å². The fourth-order valence-corrected chi connectivity index (χ4v) is 4.40. The van der Waals surface area contributed by atoms with E-state index in [1.807, 2.05) is 42.5 Å². The van der Waals surface area contributed by atoms with Crippen LogP contribution in [0.4, 0.5) is 33.2 Å². The average molecular weight is 490 g/mol. The number of aromatic nitrogens is 2. The molecular weight excluding hydrogens is 461 g/mol. The van der Waals surface area contributed by atoms with Gasteiger partial charge in [-0.2, -0.15) is 4.98 Å². The Morgan fingerprint density at radius 2 is 1.94 bits per heavy atom. The zero-order valence-corrected chi connectivity index (χ0v) is 20.1. The van der Waals surface area contributed by atoms with Gasteiger partial charge in [-0.05, 0) is 72.7 Å². The number of methoxy groups -OCH3 is 1. The van der Waals surface area contributed by atoms with Crippen molar-refractivity contribution in [2.75, 3.05) is 42.4 Å². The minimum atomic E-state index is -0.587. The summed E-state index contributed by atoms with van der Waals surface area (Å²) < 4.78 is 25.1. The summed E-state index contributed by atoms with van der Waals surface area (Å²) in [6, 6.07) is 13.0.